The molecule has 204 valence electrons. The molecule has 0 radical (unpaired) electrons. The number of hydroxylamine groups is 2. The van der Waals surface area contributed by atoms with Crippen LogP contribution in [0.15, 0.2) is 121 Å². The summed E-state index contributed by atoms with van der Waals surface area (Å²) < 4.78 is 19.1. The fraction of sp³-hybridized carbons (Fsp3) is 0.257. The van der Waals surface area contributed by atoms with Crippen molar-refractivity contribution in [2.75, 3.05) is 6.61 Å². The molecule has 0 aromatic heterocycles. The molecular formula is C35H35NO4. The Balaban J connectivity index is 1.37. The van der Waals surface area contributed by atoms with E-state index < -0.39 is 24.3 Å². The standard InChI is InChI=1S/C35H35NO4/c37-36-32(23-13-22-28-14-5-1-6-15-28)34(39-25-30-18-9-3-10-19-30)35(40-26-31-20-11-4-12-21-31)33(36)27-38-24-29-16-7-2-8-17-29/h1-12,14-21,32-35,37H,22,24-27H2/t32-,33+,34-,35-/m1/s1. The Bertz CT molecular complexity index is 1340. The van der Waals surface area contributed by atoms with Crippen LogP contribution in [-0.4, -0.2) is 41.2 Å². The second-order valence-electron chi connectivity index (χ2n) is 9.90. The molecule has 1 heterocycles. The summed E-state index contributed by atoms with van der Waals surface area (Å²) in [6, 6.07) is 39.2. The van der Waals surface area contributed by atoms with Crippen LogP contribution in [0.5, 0.6) is 0 Å². The third kappa shape index (κ3) is 7.67. The van der Waals surface area contributed by atoms with Gasteiger partial charge in [0.05, 0.1) is 32.5 Å². The van der Waals surface area contributed by atoms with Gasteiger partial charge in [0.1, 0.15) is 18.2 Å². The van der Waals surface area contributed by atoms with Crippen LogP contribution in [0.4, 0.5) is 0 Å². The van der Waals surface area contributed by atoms with Crippen molar-refractivity contribution in [3.8, 4) is 11.8 Å². The van der Waals surface area contributed by atoms with Crippen LogP contribution in [0.2, 0.25) is 0 Å². The predicted octanol–water partition coefficient (Wildman–Crippen LogP) is 6.06. The minimum Gasteiger partial charge on any atom is -0.375 e. The number of ether oxygens (including phenoxy) is 3. The molecule has 0 unspecified atom stereocenters. The number of rotatable bonds is 11. The zero-order chi connectivity index (χ0) is 27.4. The van der Waals surface area contributed by atoms with E-state index in [0.29, 0.717) is 26.2 Å². The number of benzene rings is 4. The lowest BCUT2D eigenvalue weighted by molar-refractivity contribution is -0.155. The molecule has 0 aliphatic carbocycles. The van der Waals surface area contributed by atoms with Gasteiger partial charge in [0.25, 0.3) is 0 Å². The van der Waals surface area contributed by atoms with Crippen molar-refractivity contribution in [1.82, 2.24) is 5.06 Å². The largest absolute Gasteiger partial charge is 0.375 e. The van der Waals surface area contributed by atoms with Crippen molar-refractivity contribution < 1.29 is 19.4 Å². The lowest BCUT2D eigenvalue weighted by atomic mass is 10.1. The highest BCUT2D eigenvalue weighted by atomic mass is 16.6. The summed E-state index contributed by atoms with van der Waals surface area (Å²) in [5, 5.41) is 12.8. The number of nitrogens with zero attached hydrogens (tertiary/aromatic N) is 1. The average Bonchev–Trinajstić information content (AvgIpc) is 3.26. The fourth-order valence-electron chi connectivity index (χ4n) is 4.88. The van der Waals surface area contributed by atoms with Gasteiger partial charge in [-0.3, -0.25) is 0 Å². The first kappa shape index (κ1) is 27.8. The van der Waals surface area contributed by atoms with E-state index in [1.54, 1.807) is 0 Å². The van der Waals surface area contributed by atoms with E-state index >= 15 is 0 Å². The fourth-order valence-corrected chi connectivity index (χ4v) is 4.88. The molecule has 5 nitrogen and oxygen atoms in total. The maximum absolute atomic E-state index is 11.5. The molecule has 0 saturated carbocycles. The van der Waals surface area contributed by atoms with Crippen LogP contribution in [0, 0.1) is 11.8 Å². The molecule has 4 aromatic rings. The van der Waals surface area contributed by atoms with Gasteiger partial charge in [-0.05, 0) is 22.3 Å². The normalized spacial score (nSPS) is 20.6. The minimum absolute atomic E-state index is 0.271. The molecule has 4 aromatic carbocycles. The Labute approximate surface area is 236 Å². The van der Waals surface area contributed by atoms with E-state index in [2.05, 4.69) is 24.0 Å². The minimum atomic E-state index is -0.571. The van der Waals surface area contributed by atoms with Crippen LogP contribution in [0.1, 0.15) is 22.3 Å². The summed E-state index contributed by atoms with van der Waals surface area (Å²) in [5.74, 6) is 6.57. The maximum atomic E-state index is 11.5. The van der Waals surface area contributed by atoms with Gasteiger partial charge in [0, 0.05) is 6.42 Å². The quantitative estimate of drug-likeness (QED) is 0.238. The molecule has 5 rings (SSSR count). The summed E-state index contributed by atoms with van der Waals surface area (Å²) in [4.78, 5) is 0. The van der Waals surface area contributed by atoms with Gasteiger partial charge in [0.15, 0.2) is 0 Å². The van der Waals surface area contributed by atoms with Crippen LogP contribution < -0.4 is 0 Å². The number of hydrogen-bond donors (Lipinski definition) is 1. The van der Waals surface area contributed by atoms with Crippen LogP contribution in [0.25, 0.3) is 0 Å². The SMILES string of the molecule is ON1[C@H](C#CCc2ccccc2)[C@@H](OCc2ccccc2)[C@H](OCc2ccccc2)[C@@H]1COCc1ccccc1. The molecule has 0 spiro atoms. The van der Waals surface area contributed by atoms with Crippen molar-refractivity contribution in [2.45, 2.75) is 50.5 Å². The van der Waals surface area contributed by atoms with E-state index in [9.17, 15) is 5.21 Å². The molecule has 1 fully saturated rings. The van der Waals surface area contributed by atoms with Crippen molar-refractivity contribution in [2.24, 2.45) is 0 Å². The van der Waals surface area contributed by atoms with Crippen LogP contribution in [0.3, 0.4) is 0 Å². The molecule has 1 aliphatic rings. The summed E-state index contributed by atoms with van der Waals surface area (Å²) in [6.45, 7) is 1.49. The molecule has 5 heteroatoms. The second-order valence-corrected chi connectivity index (χ2v) is 9.90. The molecular weight excluding hydrogens is 498 g/mol. The summed E-state index contributed by atoms with van der Waals surface area (Å²) in [7, 11) is 0. The topological polar surface area (TPSA) is 51.2 Å². The summed E-state index contributed by atoms with van der Waals surface area (Å²) >= 11 is 0. The van der Waals surface area contributed by atoms with Crippen LogP contribution in [-0.2, 0) is 40.5 Å². The zero-order valence-electron chi connectivity index (χ0n) is 22.5. The van der Waals surface area contributed by atoms with E-state index in [0.717, 1.165) is 22.3 Å². The zero-order valence-corrected chi connectivity index (χ0v) is 22.5. The Kier molecular flexibility index (Phi) is 10.1. The molecule has 1 aliphatic heterocycles. The molecule has 0 amide bonds. The van der Waals surface area contributed by atoms with Gasteiger partial charge in [-0.15, -0.1) is 0 Å². The van der Waals surface area contributed by atoms with Crippen molar-refractivity contribution in [3.63, 3.8) is 0 Å². The molecule has 4 atom stereocenters. The van der Waals surface area contributed by atoms with Gasteiger partial charge in [-0.2, -0.15) is 5.06 Å². The number of hydrogen-bond acceptors (Lipinski definition) is 5. The van der Waals surface area contributed by atoms with E-state index in [1.165, 1.54) is 5.06 Å². The van der Waals surface area contributed by atoms with Gasteiger partial charge >= 0.3 is 0 Å². The van der Waals surface area contributed by atoms with E-state index in [1.807, 2.05) is 109 Å². The molecule has 1 N–H and O–H groups in total. The van der Waals surface area contributed by atoms with Gasteiger partial charge in [-0.25, -0.2) is 0 Å². The first-order valence-electron chi connectivity index (χ1n) is 13.7. The van der Waals surface area contributed by atoms with Gasteiger partial charge in [0.2, 0.25) is 0 Å². The lowest BCUT2D eigenvalue weighted by Crippen LogP contribution is -2.40. The first-order valence-corrected chi connectivity index (χ1v) is 13.7. The van der Waals surface area contributed by atoms with Crippen molar-refractivity contribution >= 4 is 0 Å². The highest BCUT2D eigenvalue weighted by Crippen LogP contribution is 2.30. The second kappa shape index (κ2) is 14.6. The van der Waals surface area contributed by atoms with Crippen molar-refractivity contribution in [3.05, 3.63) is 144 Å². The van der Waals surface area contributed by atoms with E-state index in [-0.39, 0.29) is 6.61 Å². The highest BCUT2D eigenvalue weighted by Gasteiger charge is 2.50. The third-order valence-electron chi connectivity index (χ3n) is 7.00. The van der Waals surface area contributed by atoms with Crippen LogP contribution >= 0.6 is 0 Å². The maximum Gasteiger partial charge on any atom is 0.125 e. The average molecular weight is 534 g/mol. The molecule has 40 heavy (non-hydrogen) atoms. The first-order chi connectivity index (χ1) is 19.8. The molecule has 1 saturated heterocycles. The molecule has 0 bridgehead atoms. The third-order valence-corrected chi connectivity index (χ3v) is 7.00. The lowest BCUT2D eigenvalue weighted by Gasteiger charge is -2.25. The summed E-state index contributed by atoms with van der Waals surface area (Å²) in [6.07, 6.45) is -0.357. The summed E-state index contributed by atoms with van der Waals surface area (Å²) in [5.41, 5.74) is 4.30. The van der Waals surface area contributed by atoms with Gasteiger partial charge < -0.3 is 19.4 Å². The predicted molar refractivity (Wildman–Crippen MR) is 155 cm³/mol. The Morgan fingerprint density at radius 1 is 0.575 bits per heavy atom. The Hall–Kier alpha value is -3.76. The highest BCUT2D eigenvalue weighted by molar-refractivity contribution is 5.25. The van der Waals surface area contributed by atoms with Crippen molar-refractivity contribution in [1.29, 1.82) is 0 Å². The van der Waals surface area contributed by atoms with E-state index in [4.69, 9.17) is 14.2 Å². The van der Waals surface area contributed by atoms with Gasteiger partial charge in [-0.1, -0.05) is 133 Å². The monoisotopic (exact) mass is 533 g/mol. The Morgan fingerprint density at radius 2 is 1.02 bits per heavy atom. The Morgan fingerprint density at radius 3 is 1.55 bits per heavy atom. The smallest absolute Gasteiger partial charge is 0.125 e.